The van der Waals surface area contributed by atoms with Gasteiger partial charge in [-0.25, -0.2) is 4.79 Å². The fourth-order valence-electron chi connectivity index (χ4n) is 2.09. The van der Waals surface area contributed by atoms with Gasteiger partial charge in [-0.2, -0.15) is 0 Å². The Morgan fingerprint density at radius 1 is 1.12 bits per heavy atom. The molecule has 6 heteroatoms. The van der Waals surface area contributed by atoms with Crippen LogP contribution in [0.1, 0.15) is 18.1 Å². The number of carbonyl (C=O) groups is 1. The zero-order valence-electron chi connectivity index (χ0n) is 14.4. The van der Waals surface area contributed by atoms with Crippen LogP contribution in [0, 0.1) is 0 Å². The fraction of sp³-hybridized carbons (Fsp3) is 0.263. The maximum Gasteiger partial charge on any atom is 0.344 e. The van der Waals surface area contributed by atoms with Gasteiger partial charge < -0.3 is 19.3 Å². The van der Waals surface area contributed by atoms with Gasteiger partial charge in [-0.1, -0.05) is 12.1 Å². The van der Waals surface area contributed by atoms with Gasteiger partial charge in [-0.05, 0) is 48.4 Å². The van der Waals surface area contributed by atoms with Crippen LogP contribution >= 0.6 is 0 Å². The number of rotatable bonds is 8. The van der Waals surface area contributed by atoms with E-state index in [1.165, 1.54) is 14.0 Å². The van der Waals surface area contributed by atoms with Gasteiger partial charge in [0.25, 0.3) is 0 Å². The summed E-state index contributed by atoms with van der Waals surface area (Å²) < 4.78 is 15.8. The van der Waals surface area contributed by atoms with E-state index >= 15 is 0 Å². The molecule has 2 aromatic rings. The van der Waals surface area contributed by atoms with Crippen LogP contribution in [0.25, 0.3) is 0 Å². The van der Waals surface area contributed by atoms with Crippen LogP contribution in [0.2, 0.25) is 0 Å². The summed E-state index contributed by atoms with van der Waals surface area (Å²) in [6.45, 7) is 2.01. The third-order valence-corrected chi connectivity index (χ3v) is 3.51. The lowest BCUT2D eigenvalue weighted by Crippen LogP contribution is -2.23. The molecule has 0 aliphatic rings. The number of aliphatic carboxylic acids is 1. The largest absolute Gasteiger partial charge is 0.497 e. The standard InChI is InChI=1S/C19H21NO5/c1-13(19(21)22)25-17-9-6-15(10-18(17)24-3)12-20-11-14-4-7-16(23-2)8-5-14/h4-10,12-13H,11H2,1-3H3,(H,21,22)/t13-/m0/s1. The number of nitrogens with zero attached hydrogens (tertiary/aromatic N) is 1. The summed E-state index contributed by atoms with van der Waals surface area (Å²) in [7, 11) is 3.14. The number of benzene rings is 2. The van der Waals surface area contributed by atoms with Crippen LogP contribution in [0.5, 0.6) is 17.2 Å². The molecule has 0 fully saturated rings. The number of methoxy groups -OCH3 is 2. The first kappa shape index (κ1) is 18.3. The van der Waals surface area contributed by atoms with E-state index in [0.29, 0.717) is 18.0 Å². The van der Waals surface area contributed by atoms with Gasteiger partial charge in [0.1, 0.15) is 5.75 Å². The average Bonchev–Trinajstić information content (AvgIpc) is 2.63. The molecule has 1 N–H and O–H groups in total. The summed E-state index contributed by atoms with van der Waals surface area (Å²) in [6, 6.07) is 12.9. The molecule has 1 atom stereocenters. The van der Waals surface area contributed by atoms with E-state index < -0.39 is 12.1 Å². The van der Waals surface area contributed by atoms with Crippen LogP contribution in [0.4, 0.5) is 0 Å². The lowest BCUT2D eigenvalue weighted by molar-refractivity contribution is -0.144. The Labute approximate surface area is 146 Å². The van der Waals surface area contributed by atoms with Crippen molar-refractivity contribution in [2.75, 3.05) is 14.2 Å². The first-order valence-corrected chi connectivity index (χ1v) is 7.73. The SMILES string of the molecule is COc1ccc(CN=Cc2ccc(O[C@@H](C)C(=O)O)c(OC)c2)cc1. The predicted octanol–water partition coefficient (Wildman–Crippen LogP) is 3.17. The lowest BCUT2D eigenvalue weighted by Gasteiger charge is -2.14. The molecule has 132 valence electrons. The molecular weight excluding hydrogens is 322 g/mol. The summed E-state index contributed by atoms with van der Waals surface area (Å²) in [5, 5.41) is 8.92. The van der Waals surface area contributed by atoms with Gasteiger partial charge in [0.05, 0.1) is 20.8 Å². The highest BCUT2D eigenvalue weighted by Gasteiger charge is 2.15. The van der Waals surface area contributed by atoms with Gasteiger partial charge in [-0.3, -0.25) is 4.99 Å². The summed E-state index contributed by atoms with van der Waals surface area (Å²) >= 11 is 0. The topological polar surface area (TPSA) is 77.4 Å². The number of ether oxygens (including phenoxy) is 3. The minimum Gasteiger partial charge on any atom is -0.497 e. The maximum atomic E-state index is 10.9. The van der Waals surface area contributed by atoms with Crippen molar-refractivity contribution < 1.29 is 24.1 Å². The minimum absolute atomic E-state index is 0.379. The van der Waals surface area contributed by atoms with Crippen molar-refractivity contribution in [1.82, 2.24) is 0 Å². The number of carboxylic acids is 1. The van der Waals surface area contributed by atoms with E-state index in [1.54, 1.807) is 31.5 Å². The maximum absolute atomic E-state index is 10.9. The van der Waals surface area contributed by atoms with Crippen molar-refractivity contribution in [2.45, 2.75) is 19.6 Å². The fourth-order valence-corrected chi connectivity index (χ4v) is 2.09. The summed E-state index contributed by atoms with van der Waals surface area (Å²) in [4.78, 5) is 15.3. The molecule has 0 amide bonds. The van der Waals surface area contributed by atoms with Crippen molar-refractivity contribution in [3.05, 3.63) is 53.6 Å². The van der Waals surface area contributed by atoms with Crippen molar-refractivity contribution in [2.24, 2.45) is 4.99 Å². The Kier molecular flexibility index (Phi) is 6.39. The van der Waals surface area contributed by atoms with Gasteiger partial charge in [-0.15, -0.1) is 0 Å². The highest BCUT2D eigenvalue weighted by atomic mass is 16.5. The second-order valence-electron chi connectivity index (χ2n) is 5.33. The first-order chi connectivity index (χ1) is 12.0. The van der Waals surface area contributed by atoms with E-state index in [2.05, 4.69) is 4.99 Å². The number of aliphatic imine (C=N–C) groups is 1. The van der Waals surface area contributed by atoms with E-state index in [-0.39, 0.29) is 0 Å². The van der Waals surface area contributed by atoms with Crippen LogP contribution in [-0.4, -0.2) is 37.6 Å². The second kappa shape index (κ2) is 8.73. The van der Waals surface area contributed by atoms with Crippen LogP contribution in [0.15, 0.2) is 47.5 Å². The number of hydrogen-bond acceptors (Lipinski definition) is 5. The lowest BCUT2D eigenvalue weighted by atomic mass is 10.2. The zero-order valence-corrected chi connectivity index (χ0v) is 14.4. The van der Waals surface area contributed by atoms with Crippen molar-refractivity contribution in [1.29, 1.82) is 0 Å². The van der Waals surface area contributed by atoms with Crippen molar-refractivity contribution in [3.63, 3.8) is 0 Å². The highest BCUT2D eigenvalue weighted by molar-refractivity contribution is 5.81. The summed E-state index contributed by atoms with van der Waals surface area (Å²) in [5.41, 5.74) is 1.90. The molecule has 2 aromatic carbocycles. The number of hydrogen-bond donors (Lipinski definition) is 1. The van der Waals surface area contributed by atoms with Gasteiger partial charge >= 0.3 is 5.97 Å². The Bertz CT molecular complexity index is 740. The first-order valence-electron chi connectivity index (χ1n) is 7.73. The van der Waals surface area contributed by atoms with Gasteiger partial charge in [0.2, 0.25) is 0 Å². The molecule has 0 spiro atoms. The van der Waals surface area contributed by atoms with Crippen LogP contribution in [0.3, 0.4) is 0 Å². The molecule has 6 nitrogen and oxygen atoms in total. The van der Waals surface area contributed by atoms with Gasteiger partial charge in [0.15, 0.2) is 17.6 Å². The predicted molar refractivity (Wildman–Crippen MR) is 95.0 cm³/mol. The van der Waals surface area contributed by atoms with Crippen molar-refractivity contribution in [3.8, 4) is 17.2 Å². The third kappa shape index (κ3) is 5.24. The molecule has 0 unspecified atom stereocenters. The van der Waals surface area contributed by atoms with E-state index in [9.17, 15) is 4.79 Å². The molecule has 0 saturated heterocycles. The van der Waals surface area contributed by atoms with Gasteiger partial charge in [0, 0.05) is 6.21 Å². The van der Waals surface area contributed by atoms with E-state index in [0.717, 1.165) is 16.9 Å². The number of carboxylic acid groups (broad SMARTS) is 1. The molecule has 0 aliphatic heterocycles. The molecule has 0 radical (unpaired) electrons. The molecule has 0 bridgehead atoms. The molecule has 0 aromatic heterocycles. The molecular formula is C19H21NO5. The van der Waals surface area contributed by atoms with Crippen LogP contribution < -0.4 is 14.2 Å². The molecule has 25 heavy (non-hydrogen) atoms. The molecule has 0 heterocycles. The Balaban J connectivity index is 2.05. The smallest absolute Gasteiger partial charge is 0.344 e. The molecule has 0 saturated carbocycles. The Hall–Kier alpha value is -3.02. The molecule has 2 rings (SSSR count). The Morgan fingerprint density at radius 2 is 1.84 bits per heavy atom. The van der Waals surface area contributed by atoms with Crippen LogP contribution in [-0.2, 0) is 11.3 Å². The quantitative estimate of drug-likeness (QED) is 0.745. The normalized spacial score (nSPS) is 12.0. The highest BCUT2D eigenvalue weighted by Crippen LogP contribution is 2.28. The average molecular weight is 343 g/mol. The minimum atomic E-state index is -1.04. The van der Waals surface area contributed by atoms with Crippen molar-refractivity contribution >= 4 is 12.2 Å². The van der Waals surface area contributed by atoms with E-state index in [1.807, 2.05) is 24.3 Å². The summed E-state index contributed by atoms with van der Waals surface area (Å²) in [5.74, 6) is 0.613. The third-order valence-electron chi connectivity index (χ3n) is 3.51. The zero-order chi connectivity index (χ0) is 18.2. The molecule has 0 aliphatic carbocycles. The Morgan fingerprint density at radius 3 is 2.44 bits per heavy atom. The van der Waals surface area contributed by atoms with E-state index in [4.69, 9.17) is 19.3 Å². The monoisotopic (exact) mass is 343 g/mol. The summed E-state index contributed by atoms with van der Waals surface area (Å²) in [6.07, 6.45) is 0.778. The second-order valence-corrected chi connectivity index (χ2v) is 5.33.